The first-order valence-electron chi connectivity index (χ1n) is 9.44. The molecule has 1 aliphatic heterocycles. The average Bonchev–Trinajstić information content (AvgIpc) is 2.76. The number of aromatic amines is 1. The van der Waals surface area contributed by atoms with Crippen LogP contribution in [0.2, 0.25) is 0 Å². The zero-order chi connectivity index (χ0) is 22.1. The Balaban J connectivity index is 2.00. The van der Waals surface area contributed by atoms with Crippen LogP contribution in [0.4, 0.5) is 5.69 Å². The largest absolute Gasteiger partial charge is 0.478 e. The van der Waals surface area contributed by atoms with Crippen molar-refractivity contribution >= 4 is 29.3 Å². The fourth-order valence-corrected chi connectivity index (χ4v) is 4.20. The average molecular weight is 435 g/mol. The minimum absolute atomic E-state index is 0.126. The standard InChI is InChI=1S/C22H18N4O4S/c1-3-12-31-22-23-19(28)18-16-6-4-5-7-17(16)25(13(2)27)20(26(18)24-22)14-8-10-15(11-9-14)21(29)30/h3-11,20H,1,12H2,2H3,(H-,23,24,28,29,30)/p+1. The molecule has 9 heteroatoms. The summed E-state index contributed by atoms with van der Waals surface area (Å²) in [4.78, 5) is 41.5. The number of carbonyl (C=O) groups excluding carboxylic acids is 1. The van der Waals surface area contributed by atoms with E-state index in [-0.39, 0.29) is 17.0 Å². The Hall–Kier alpha value is -3.72. The number of rotatable bonds is 5. The van der Waals surface area contributed by atoms with Gasteiger partial charge >= 0.3 is 17.2 Å². The van der Waals surface area contributed by atoms with Gasteiger partial charge in [-0.15, -0.1) is 6.58 Å². The molecular weight excluding hydrogens is 416 g/mol. The first-order chi connectivity index (χ1) is 14.9. The molecule has 4 rings (SSSR count). The summed E-state index contributed by atoms with van der Waals surface area (Å²) in [5, 5.41) is 14.2. The smallest absolute Gasteiger partial charge is 0.335 e. The summed E-state index contributed by atoms with van der Waals surface area (Å²) < 4.78 is 1.53. The van der Waals surface area contributed by atoms with Gasteiger partial charge in [-0.25, -0.2) is 9.69 Å². The van der Waals surface area contributed by atoms with Gasteiger partial charge in [0.05, 0.1) is 16.8 Å². The van der Waals surface area contributed by atoms with Gasteiger partial charge in [0.25, 0.3) is 6.17 Å². The molecule has 0 saturated carbocycles. The second kappa shape index (κ2) is 8.19. The summed E-state index contributed by atoms with van der Waals surface area (Å²) in [6.07, 6.45) is 0.948. The number of aromatic nitrogens is 3. The van der Waals surface area contributed by atoms with Crippen LogP contribution in [0, 0.1) is 0 Å². The summed E-state index contributed by atoms with van der Waals surface area (Å²) in [5.74, 6) is -0.734. The van der Waals surface area contributed by atoms with E-state index >= 15 is 0 Å². The third-order valence-electron chi connectivity index (χ3n) is 4.89. The Labute approximate surface area is 181 Å². The van der Waals surface area contributed by atoms with Crippen molar-refractivity contribution in [2.45, 2.75) is 18.2 Å². The highest BCUT2D eigenvalue weighted by Gasteiger charge is 2.44. The van der Waals surface area contributed by atoms with Crippen LogP contribution in [0.1, 0.15) is 29.0 Å². The van der Waals surface area contributed by atoms with E-state index in [0.29, 0.717) is 33.4 Å². The molecule has 1 aliphatic rings. The normalized spacial score (nSPS) is 14.5. The Morgan fingerprint density at radius 3 is 2.61 bits per heavy atom. The molecule has 0 bridgehead atoms. The van der Waals surface area contributed by atoms with E-state index < -0.39 is 12.1 Å². The predicted octanol–water partition coefficient (Wildman–Crippen LogP) is 2.61. The first-order valence-corrected chi connectivity index (χ1v) is 10.4. The Morgan fingerprint density at radius 2 is 1.97 bits per heavy atom. The Morgan fingerprint density at radius 1 is 1.26 bits per heavy atom. The molecule has 1 amide bonds. The number of anilines is 1. The van der Waals surface area contributed by atoms with Crippen LogP contribution in [0.5, 0.6) is 0 Å². The Kier molecular flexibility index (Phi) is 5.43. The zero-order valence-corrected chi connectivity index (χ0v) is 17.4. The van der Waals surface area contributed by atoms with Gasteiger partial charge in [-0.05, 0) is 41.1 Å². The number of aromatic carboxylic acids is 1. The molecule has 31 heavy (non-hydrogen) atoms. The monoisotopic (exact) mass is 435 g/mol. The topological polar surface area (TPSA) is 107 Å². The summed E-state index contributed by atoms with van der Waals surface area (Å²) in [5.41, 5.74) is 1.92. The molecule has 2 heterocycles. The lowest BCUT2D eigenvalue weighted by Gasteiger charge is -2.31. The SMILES string of the molecule is C=CCSc1n[n+]2c(c(=O)[nH]1)-c1ccccc1N(C(C)=O)C2c1ccc(C(=O)O)cc1. The zero-order valence-electron chi connectivity index (χ0n) is 16.6. The molecule has 0 radical (unpaired) electrons. The second-order valence-electron chi connectivity index (χ2n) is 6.86. The van der Waals surface area contributed by atoms with Crippen LogP contribution in [0.25, 0.3) is 11.3 Å². The first kappa shape index (κ1) is 20.5. The summed E-state index contributed by atoms with van der Waals surface area (Å²) >= 11 is 1.32. The fourth-order valence-electron chi connectivity index (χ4n) is 3.61. The van der Waals surface area contributed by atoms with Crippen molar-refractivity contribution in [1.82, 2.24) is 10.1 Å². The number of amides is 1. The number of nitrogens with zero attached hydrogens (tertiary/aromatic N) is 3. The van der Waals surface area contributed by atoms with E-state index in [1.165, 1.54) is 35.5 Å². The van der Waals surface area contributed by atoms with Gasteiger partial charge < -0.3 is 5.11 Å². The second-order valence-corrected chi connectivity index (χ2v) is 7.87. The molecular formula is C22H19N4O4S+. The summed E-state index contributed by atoms with van der Waals surface area (Å²) in [6.45, 7) is 5.13. The number of thioether (sulfide) groups is 1. The number of carbonyl (C=O) groups is 2. The van der Waals surface area contributed by atoms with Crippen molar-refractivity contribution in [1.29, 1.82) is 0 Å². The number of fused-ring (bicyclic) bond motifs is 3. The molecule has 2 N–H and O–H groups in total. The quantitative estimate of drug-likeness (QED) is 0.362. The van der Waals surface area contributed by atoms with Crippen molar-refractivity contribution in [3.05, 3.63) is 82.7 Å². The van der Waals surface area contributed by atoms with Gasteiger partial charge in [0.1, 0.15) is 0 Å². The highest BCUT2D eigenvalue weighted by Crippen LogP contribution is 2.37. The number of carboxylic acid groups (broad SMARTS) is 1. The molecule has 0 spiro atoms. The third kappa shape index (κ3) is 3.64. The number of carboxylic acids is 1. The summed E-state index contributed by atoms with van der Waals surface area (Å²) in [6, 6.07) is 13.3. The number of hydrogen-bond donors (Lipinski definition) is 2. The van der Waals surface area contributed by atoms with Crippen LogP contribution < -0.4 is 15.1 Å². The molecule has 8 nitrogen and oxygen atoms in total. The molecule has 0 saturated heterocycles. The fraction of sp³-hybridized carbons (Fsp3) is 0.136. The maximum Gasteiger partial charge on any atom is 0.335 e. The number of nitrogens with one attached hydrogen (secondary N) is 1. The minimum Gasteiger partial charge on any atom is -0.478 e. The van der Waals surface area contributed by atoms with Gasteiger partial charge in [0.2, 0.25) is 11.1 Å². The molecule has 0 aliphatic carbocycles. The maximum atomic E-state index is 13.1. The van der Waals surface area contributed by atoms with Crippen molar-refractivity contribution in [3.8, 4) is 11.3 Å². The van der Waals surface area contributed by atoms with E-state index in [0.717, 1.165) is 0 Å². The summed E-state index contributed by atoms with van der Waals surface area (Å²) in [7, 11) is 0. The number of H-pyrrole nitrogens is 1. The lowest BCUT2D eigenvalue weighted by molar-refractivity contribution is -0.763. The van der Waals surface area contributed by atoms with Crippen LogP contribution in [0.15, 0.2) is 71.1 Å². The van der Waals surface area contributed by atoms with Crippen LogP contribution in [-0.2, 0) is 4.79 Å². The van der Waals surface area contributed by atoms with Crippen LogP contribution >= 0.6 is 11.8 Å². The number of hydrogen-bond acceptors (Lipinski definition) is 5. The van der Waals surface area contributed by atoms with E-state index in [4.69, 9.17) is 0 Å². The van der Waals surface area contributed by atoms with Gasteiger partial charge in [0.15, 0.2) is 0 Å². The van der Waals surface area contributed by atoms with E-state index in [2.05, 4.69) is 16.7 Å². The minimum atomic E-state index is -1.05. The van der Waals surface area contributed by atoms with E-state index in [1.807, 2.05) is 0 Å². The van der Waals surface area contributed by atoms with Crippen molar-refractivity contribution < 1.29 is 19.4 Å². The lowest BCUT2D eigenvalue weighted by atomic mass is 10.0. The molecule has 2 aromatic carbocycles. The lowest BCUT2D eigenvalue weighted by Crippen LogP contribution is -2.60. The predicted molar refractivity (Wildman–Crippen MR) is 116 cm³/mol. The Bertz CT molecular complexity index is 1250. The van der Waals surface area contributed by atoms with Crippen molar-refractivity contribution in [2.24, 2.45) is 0 Å². The maximum absolute atomic E-state index is 13.1. The number of para-hydroxylation sites is 1. The van der Waals surface area contributed by atoms with E-state index in [9.17, 15) is 19.5 Å². The molecule has 3 aromatic rings. The molecule has 1 unspecified atom stereocenters. The van der Waals surface area contributed by atoms with Gasteiger partial charge in [-0.3, -0.25) is 14.6 Å². The van der Waals surface area contributed by atoms with Crippen LogP contribution in [0.3, 0.4) is 0 Å². The van der Waals surface area contributed by atoms with Crippen molar-refractivity contribution in [3.63, 3.8) is 0 Å². The highest BCUT2D eigenvalue weighted by molar-refractivity contribution is 7.99. The number of benzene rings is 2. The highest BCUT2D eigenvalue weighted by atomic mass is 32.2. The third-order valence-corrected chi connectivity index (χ3v) is 5.75. The molecule has 1 atom stereocenters. The molecule has 1 aromatic heterocycles. The van der Waals surface area contributed by atoms with Gasteiger partial charge in [-0.1, -0.05) is 30.0 Å². The van der Waals surface area contributed by atoms with Crippen LogP contribution in [-0.4, -0.2) is 32.8 Å². The van der Waals surface area contributed by atoms with E-state index in [1.54, 1.807) is 47.4 Å². The van der Waals surface area contributed by atoms with Gasteiger partial charge in [0, 0.05) is 23.3 Å². The van der Waals surface area contributed by atoms with Gasteiger partial charge in [-0.2, -0.15) is 0 Å². The molecule has 0 fully saturated rings. The van der Waals surface area contributed by atoms with Crippen molar-refractivity contribution in [2.75, 3.05) is 10.7 Å². The molecule has 156 valence electrons.